The minimum absolute atomic E-state index is 0.407. The highest BCUT2D eigenvalue weighted by atomic mass is 16.5. The van der Waals surface area contributed by atoms with Crippen molar-refractivity contribution in [2.24, 2.45) is 11.8 Å². The summed E-state index contributed by atoms with van der Waals surface area (Å²) < 4.78 is 5.82. The molecule has 0 bridgehead atoms. The van der Waals surface area contributed by atoms with E-state index in [4.69, 9.17) is 4.74 Å². The van der Waals surface area contributed by atoms with E-state index in [0.717, 1.165) is 44.1 Å². The molecule has 104 valence electrons. The third kappa shape index (κ3) is 3.06. The van der Waals surface area contributed by atoms with Crippen molar-refractivity contribution in [3.8, 4) is 0 Å². The molecule has 0 amide bonds. The van der Waals surface area contributed by atoms with Crippen molar-refractivity contribution in [3.05, 3.63) is 0 Å². The van der Waals surface area contributed by atoms with Gasteiger partial charge in [0.2, 0.25) is 0 Å². The van der Waals surface area contributed by atoms with Gasteiger partial charge in [0, 0.05) is 25.7 Å². The monoisotopic (exact) mass is 252 g/mol. The van der Waals surface area contributed by atoms with Gasteiger partial charge in [0.05, 0.1) is 12.7 Å². The third-order valence-corrected chi connectivity index (χ3v) is 5.09. The van der Waals surface area contributed by atoms with E-state index < -0.39 is 0 Å². The molecule has 3 rings (SSSR count). The lowest BCUT2D eigenvalue weighted by Crippen LogP contribution is -2.51. The van der Waals surface area contributed by atoms with Crippen LogP contribution in [0.4, 0.5) is 0 Å². The van der Waals surface area contributed by atoms with Gasteiger partial charge < -0.3 is 10.1 Å². The molecule has 0 aromatic carbocycles. The molecule has 1 aliphatic heterocycles. The van der Waals surface area contributed by atoms with E-state index in [-0.39, 0.29) is 0 Å². The van der Waals surface area contributed by atoms with Gasteiger partial charge in [-0.1, -0.05) is 12.8 Å². The molecule has 0 aromatic rings. The van der Waals surface area contributed by atoms with Crippen LogP contribution in [0.5, 0.6) is 0 Å². The first kappa shape index (κ1) is 12.9. The number of nitrogens with zero attached hydrogens (tertiary/aromatic N) is 1. The van der Waals surface area contributed by atoms with Crippen molar-refractivity contribution in [2.75, 3.05) is 33.3 Å². The van der Waals surface area contributed by atoms with Crippen LogP contribution in [0.25, 0.3) is 0 Å². The molecule has 1 N–H and O–H groups in total. The van der Waals surface area contributed by atoms with Crippen LogP contribution >= 0.6 is 0 Å². The maximum Gasteiger partial charge on any atom is 0.0826 e. The molecule has 3 nitrogen and oxygen atoms in total. The van der Waals surface area contributed by atoms with Crippen LogP contribution in [0.1, 0.15) is 38.5 Å². The Kier molecular flexibility index (Phi) is 4.22. The molecule has 0 aromatic heterocycles. The highest BCUT2D eigenvalue weighted by Gasteiger charge is 2.37. The summed E-state index contributed by atoms with van der Waals surface area (Å²) in [6.07, 6.45) is 9.30. The summed E-state index contributed by atoms with van der Waals surface area (Å²) in [7, 11) is 2.02. The van der Waals surface area contributed by atoms with Gasteiger partial charge in [0.1, 0.15) is 0 Å². The van der Waals surface area contributed by atoms with E-state index in [1.165, 1.54) is 38.5 Å². The highest BCUT2D eigenvalue weighted by Crippen LogP contribution is 2.44. The quantitative estimate of drug-likeness (QED) is 0.827. The lowest BCUT2D eigenvalue weighted by Gasteiger charge is -2.42. The lowest BCUT2D eigenvalue weighted by molar-refractivity contribution is -0.0499. The maximum absolute atomic E-state index is 5.82. The Bertz CT molecular complexity index is 265. The van der Waals surface area contributed by atoms with Gasteiger partial charge in [-0.25, -0.2) is 0 Å². The van der Waals surface area contributed by atoms with Gasteiger partial charge in [-0.3, -0.25) is 4.90 Å². The Balaban J connectivity index is 1.52. The van der Waals surface area contributed by atoms with Crippen LogP contribution in [-0.4, -0.2) is 50.3 Å². The second-order valence-electron chi connectivity index (χ2n) is 6.46. The minimum atomic E-state index is 0.407. The Hall–Kier alpha value is -0.120. The van der Waals surface area contributed by atoms with E-state index in [1.807, 2.05) is 7.05 Å². The zero-order chi connectivity index (χ0) is 12.4. The molecule has 1 saturated heterocycles. The van der Waals surface area contributed by atoms with Crippen LogP contribution < -0.4 is 5.32 Å². The molecule has 3 atom stereocenters. The predicted octanol–water partition coefficient (Wildman–Crippen LogP) is 1.88. The third-order valence-electron chi connectivity index (χ3n) is 5.09. The lowest BCUT2D eigenvalue weighted by atomic mass is 9.82. The number of hydrogen-bond donors (Lipinski definition) is 1. The Morgan fingerprint density at radius 1 is 1.17 bits per heavy atom. The Morgan fingerprint density at radius 2 is 2.06 bits per heavy atom. The molecular formula is C15H28N2O. The van der Waals surface area contributed by atoms with E-state index >= 15 is 0 Å². The second-order valence-corrected chi connectivity index (χ2v) is 6.46. The summed E-state index contributed by atoms with van der Waals surface area (Å²) in [4.78, 5) is 2.72. The van der Waals surface area contributed by atoms with E-state index in [9.17, 15) is 0 Å². The summed E-state index contributed by atoms with van der Waals surface area (Å²) in [5.74, 6) is 2.15. The first-order chi connectivity index (χ1) is 8.86. The van der Waals surface area contributed by atoms with Gasteiger partial charge in [-0.15, -0.1) is 0 Å². The van der Waals surface area contributed by atoms with Crippen molar-refractivity contribution in [1.29, 1.82) is 0 Å². The number of hydrogen-bond acceptors (Lipinski definition) is 3. The number of morpholine rings is 1. The first-order valence-electron chi connectivity index (χ1n) is 7.87. The normalized spacial score (nSPS) is 38.8. The number of likely N-dealkylation sites (N-methyl/N-ethyl adjacent to an activating group) is 1. The van der Waals surface area contributed by atoms with Gasteiger partial charge >= 0.3 is 0 Å². The van der Waals surface area contributed by atoms with Gasteiger partial charge in [-0.05, 0) is 44.6 Å². The molecule has 1 heterocycles. The molecule has 3 unspecified atom stereocenters. The van der Waals surface area contributed by atoms with Crippen molar-refractivity contribution in [1.82, 2.24) is 10.2 Å². The van der Waals surface area contributed by atoms with Crippen molar-refractivity contribution < 1.29 is 4.74 Å². The molecule has 3 aliphatic rings. The Labute approximate surface area is 111 Å². The minimum Gasteiger partial charge on any atom is -0.374 e. The summed E-state index contributed by atoms with van der Waals surface area (Å²) in [5.41, 5.74) is 0. The van der Waals surface area contributed by atoms with Crippen LogP contribution in [0.2, 0.25) is 0 Å². The molecule has 2 aliphatic carbocycles. The van der Waals surface area contributed by atoms with Crippen LogP contribution in [0, 0.1) is 11.8 Å². The molecule has 2 saturated carbocycles. The average molecular weight is 252 g/mol. The maximum atomic E-state index is 5.82. The fourth-order valence-corrected chi connectivity index (χ4v) is 3.95. The van der Waals surface area contributed by atoms with Gasteiger partial charge in [0.15, 0.2) is 0 Å². The smallest absolute Gasteiger partial charge is 0.0826 e. The molecule has 18 heavy (non-hydrogen) atoms. The molecule has 3 fully saturated rings. The van der Waals surface area contributed by atoms with Crippen molar-refractivity contribution in [2.45, 2.75) is 50.7 Å². The molecular weight excluding hydrogens is 224 g/mol. The SMILES string of the molecule is CNCC1CN(C2CCCC(C3CC3)C2)CCO1. The zero-order valence-electron chi connectivity index (χ0n) is 11.7. The van der Waals surface area contributed by atoms with E-state index in [0.29, 0.717) is 6.10 Å². The summed E-state index contributed by atoms with van der Waals surface area (Å²) in [6, 6.07) is 0.854. The van der Waals surface area contributed by atoms with Crippen LogP contribution in [0.15, 0.2) is 0 Å². The molecule has 0 radical (unpaired) electrons. The van der Waals surface area contributed by atoms with Gasteiger partial charge in [0.25, 0.3) is 0 Å². The van der Waals surface area contributed by atoms with Crippen LogP contribution in [0.3, 0.4) is 0 Å². The van der Waals surface area contributed by atoms with Crippen molar-refractivity contribution >= 4 is 0 Å². The molecule has 0 spiro atoms. The number of ether oxygens (including phenoxy) is 1. The average Bonchev–Trinajstić information content (AvgIpc) is 3.24. The molecule has 3 heteroatoms. The fourth-order valence-electron chi connectivity index (χ4n) is 3.95. The van der Waals surface area contributed by atoms with Crippen molar-refractivity contribution in [3.63, 3.8) is 0 Å². The summed E-state index contributed by atoms with van der Waals surface area (Å²) in [6.45, 7) is 4.22. The fraction of sp³-hybridized carbons (Fsp3) is 1.00. The Morgan fingerprint density at radius 3 is 2.83 bits per heavy atom. The standard InChI is InChI=1S/C15H28N2O/c1-16-10-15-11-17(7-8-18-15)14-4-2-3-13(9-14)12-5-6-12/h12-16H,2-11H2,1H3. The number of nitrogens with one attached hydrogen (secondary N) is 1. The summed E-state index contributed by atoms with van der Waals surface area (Å²) in [5, 5.41) is 3.25. The first-order valence-corrected chi connectivity index (χ1v) is 7.87. The second kappa shape index (κ2) is 5.89. The van der Waals surface area contributed by atoms with Crippen LogP contribution in [-0.2, 0) is 4.74 Å². The largest absolute Gasteiger partial charge is 0.374 e. The highest BCUT2D eigenvalue weighted by molar-refractivity contribution is 4.90. The predicted molar refractivity (Wildman–Crippen MR) is 73.7 cm³/mol. The van der Waals surface area contributed by atoms with E-state index in [1.54, 1.807) is 0 Å². The zero-order valence-corrected chi connectivity index (χ0v) is 11.7. The van der Waals surface area contributed by atoms with Gasteiger partial charge in [-0.2, -0.15) is 0 Å². The topological polar surface area (TPSA) is 24.5 Å². The van der Waals surface area contributed by atoms with E-state index in [2.05, 4.69) is 10.2 Å². The summed E-state index contributed by atoms with van der Waals surface area (Å²) >= 11 is 0. The number of rotatable bonds is 4.